The molecule has 142 valence electrons. The van der Waals surface area contributed by atoms with Gasteiger partial charge in [0.2, 0.25) is 5.89 Å². The van der Waals surface area contributed by atoms with Crippen LogP contribution in [0.4, 0.5) is 4.39 Å². The summed E-state index contributed by atoms with van der Waals surface area (Å²) < 4.78 is 24.3. The molecule has 26 heavy (non-hydrogen) atoms. The van der Waals surface area contributed by atoms with E-state index in [4.69, 9.17) is 9.26 Å². The van der Waals surface area contributed by atoms with Gasteiger partial charge in [-0.15, -0.1) is 0 Å². The van der Waals surface area contributed by atoms with Crippen molar-refractivity contribution in [1.82, 2.24) is 20.8 Å². The number of guanidine groups is 1. The summed E-state index contributed by atoms with van der Waals surface area (Å²) in [6.07, 6.45) is 1.30. The van der Waals surface area contributed by atoms with E-state index in [1.54, 1.807) is 25.1 Å². The maximum absolute atomic E-state index is 13.6. The highest BCUT2D eigenvalue weighted by molar-refractivity contribution is 5.79. The summed E-state index contributed by atoms with van der Waals surface area (Å²) in [6.45, 7) is 7.53. The Bertz CT molecular complexity index is 704. The van der Waals surface area contributed by atoms with Gasteiger partial charge < -0.3 is 19.9 Å². The van der Waals surface area contributed by atoms with E-state index in [0.29, 0.717) is 30.6 Å². The Labute approximate surface area is 153 Å². The Morgan fingerprint density at radius 1 is 1.35 bits per heavy atom. The van der Waals surface area contributed by atoms with Crippen LogP contribution in [-0.4, -0.2) is 41.8 Å². The Morgan fingerprint density at radius 2 is 2.15 bits per heavy atom. The smallest absolute Gasteiger partial charge is 0.226 e. The molecule has 2 aromatic rings. The summed E-state index contributed by atoms with van der Waals surface area (Å²) >= 11 is 0. The molecule has 1 unspecified atom stereocenters. The monoisotopic (exact) mass is 363 g/mol. The van der Waals surface area contributed by atoms with Crippen molar-refractivity contribution in [2.75, 3.05) is 19.6 Å². The van der Waals surface area contributed by atoms with Gasteiger partial charge in [0.15, 0.2) is 23.4 Å². The molecule has 7 nitrogen and oxygen atoms in total. The Hall–Kier alpha value is -2.64. The Morgan fingerprint density at radius 3 is 2.85 bits per heavy atom. The van der Waals surface area contributed by atoms with Crippen molar-refractivity contribution in [3.63, 3.8) is 0 Å². The van der Waals surface area contributed by atoms with Crippen LogP contribution in [0.2, 0.25) is 0 Å². The molecule has 2 rings (SSSR count). The van der Waals surface area contributed by atoms with Gasteiger partial charge in [-0.1, -0.05) is 17.3 Å². The molecule has 0 saturated heterocycles. The molecule has 0 aliphatic carbocycles. The van der Waals surface area contributed by atoms with Gasteiger partial charge >= 0.3 is 0 Å². The molecule has 8 heteroatoms. The van der Waals surface area contributed by atoms with Crippen LogP contribution >= 0.6 is 0 Å². The molecule has 0 bridgehead atoms. The van der Waals surface area contributed by atoms with Crippen molar-refractivity contribution in [2.24, 2.45) is 4.99 Å². The molecule has 0 aliphatic heterocycles. The summed E-state index contributed by atoms with van der Waals surface area (Å²) in [5.41, 5.74) is 0. The number of benzene rings is 1. The number of hydrogen-bond donors (Lipinski definition) is 2. The highest BCUT2D eigenvalue weighted by Gasteiger charge is 2.08. The minimum absolute atomic E-state index is 0.239. The predicted molar refractivity (Wildman–Crippen MR) is 97.8 cm³/mol. The lowest BCUT2D eigenvalue weighted by Crippen LogP contribution is -2.38. The van der Waals surface area contributed by atoms with Crippen LogP contribution in [0, 0.1) is 12.7 Å². The number of aromatic nitrogens is 2. The lowest BCUT2D eigenvalue weighted by atomic mass is 10.3. The molecule has 1 aromatic carbocycles. The van der Waals surface area contributed by atoms with Crippen molar-refractivity contribution in [3.05, 3.63) is 41.8 Å². The average molecular weight is 363 g/mol. The third kappa shape index (κ3) is 6.70. The van der Waals surface area contributed by atoms with E-state index in [0.717, 1.165) is 19.5 Å². The predicted octanol–water partition coefficient (Wildman–Crippen LogP) is 2.47. The molecule has 0 spiro atoms. The fourth-order valence-corrected chi connectivity index (χ4v) is 2.24. The van der Waals surface area contributed by atoms with Gasteiger partial charge in [-0.25, -0.2) is 9.38 Å². The molecule has 0 fully saturated rings. The van der Waals surface area contributed by atoms with Gasteiger partial charge in [0.1, 0.15) is 6.10 Å². The van der Waals surface area contributed by atoms with Gasteiger partial charge in [-0.3, -0.25) is 0 Å². The van der Waals surface area contributed by atoms with Crippen LogP contribution in [-0.2, 0) is 6.42 Å². The summed E-state index contributed by atoms with van der Waals surface area (Å²) in [7, 11) is 0. The summed E-state index contributed by atoms with van der Waals surface area (Å²) in [4.78, 5) is 8.66. The SMILES string of the molecule is CCNC(=NCC(C)Oc1ccccc1F)NCCCc1nc(C)no1. The first kappa shape index (κ1) is 19.7. The number of ether oxygens (including phenoxy) is 1. The number of rotatable bonds is 9. The molecule has 0 radical (unpaired) electrons. The number of aryl methyl sites for hydroxylation is 2. The van der Waals surface area contributed by atoms with Crippen molar-refractivity contribution < 1.29 is 13.7 Å². The van der Waals surface area contributed by atoms with Crippen LogP contribution in [0.1, 0.15) is 32.0 Å². The molecule has 1 atom stereocenters. The lowest BCUT2D eigenvalue weighted by molar-refractivity contribution is 0.220. The average Bonchev–Trinajstić information content (AvgIpc) is 3.03. The van der Waals surface area contributed by atoms with Gasteiger partial charge in [-0.05, 0) is 39.3 Å². The summed E-state index contributed by atoms with van der Waals surface area (Å²) in [6, 6.07) is 6.36. The molecular formula is C18H26FN5O2. The number of hydrogen-bond acceptors (Lipinski definition) is 5. The van der Waals surface area contributed by atoms with E-state index in [-0.39, 0.29) is 17.7 Å². The van der Waals surface area contributed by atoms with Gasteiger partial charge in [0.25, 0.3) is 0 Å². The van der Waals surface area contributed by atoms with Crippen LogP contribution < -0.4 is 15.4 Å². The van der Waals surface area contributed by atoms with E-state index in [2.05, 4.69) is 25.8 Å². The topological polar surface area (TPSA) is 84.6 Å². The molecular weight excluding hydrogens is 337 g/mol. The quantitative estimate of drug-likeness (QED) is 0.404. The van der Waals surface area contributed by atoms with Crippen LogP contribution in [0.3, 0.4) is 0 Å². The van der Waals surface area contributed by atoms with E-state index < -0.39 is 0 Å². The number of nitrogens with one attached hydrogen (secondary N) is 2. The maximum atomic E-state index is 13.6. The molecule has 1 heterocycles. The molecule has 0 aliphatic rings. The third-order valence-corrected chi connectivity index (χ3v) is 3.45. The zero-order chi connectivity index (χ0) is 18.8. The second-order valence-electron chi connectivity index (χ2n) is 5.84. The van der Waals surface area contributed by atoms with Crippen LogP contribution in [0.15, 0.2) is 33.8 Å². The fraction of sp³-hybridized carbons (Fsp3) is 0.500. The van der Waals surface area contributed by atoms with E-state index >= 15 is 0 Å². The summed E-state index contributed by atoms with van der Waals surface area (Å²) in [5, 5.41) is 10.2. The zero-order valence-corrected chi connectivity index (χ0v) is 15.5. The summed E-state index contributed by atoms with van der Waals surface area (Å²) in [5.74, 6) is 1.84. The minimum atomic E-state index is -0.371. The largest absolute Gasteiger partial charge is 0.486 e. The van der Waals surface area contributed by atoms with Crippen LogP contribution in [0.5, 0.6) is 5.75 Å². The standard InChI is InChI=1S/C18H26FN5O2/c1-4-20-18(21-11-7-10-17-23-14(3)24-26-17)22-12-13(2)25-16-9-6-5-8-15(16)19/h5-6,8-9,13H,4,7,10-12H2,1-3H3,(H2,20,21,22). The fourth-order valence-electron chi connectivity index (χ4n) is 2.24. The van der Waals surface area contributed by atoms with E-state index in [1.807, 2.05) is 13.8 Å². The first-order valence-corrected chi connectivity index (χ1v) is 8.81. The minimum Gasteiger partial charge on any atom is -0.486 e. The molecule has 2 N–H and O–H groups in total. The number of nitrogens with zero attached hydrogens (tertiary/aromatic N) is 3. The van der Waals surface area contributed by atoms with E-state index in [9.17, 15) is 4.39 Å². The van der Waals surface area contributed by atoms with Crippen molar-refractivity contribution in [1.29, 1.82) is 0 Å². The highest BCUT2D eigenvalue weighted by atomic mass is 19.1. The molecule has 1 aromatic heterocycles. The second-order valence-corrected chi connectivity index (χ2v) is 5.84. The molecule has 0 saturated carbocycles. The third-order valence-electron chi connectivity index (χ3n) is 3.45. The van der Waals surface area contributed by atoms with Crippen molar-refractivity contribution in [3.8, 4) is 5.75 Å². The Balaban J connectivity index is 1.76. The Kier molecular flexibility index (Phi) is 7.85. The van der Waals surface area contributed by atoms with Crippen molar-refractivity contribution in [2.45, 2.75) is 39.7 Å². The number of aliphatic imine (C=N–C) groups is 1. The first-order chi connectivity index (χ1) is 12.6. The van der Waals surface area contributed by atoms with Gasteiger partial charge in [0, 0.05) is 19.5 Å². The first-order valence-electron chi connectivity index (χ1n) is 8.81. The second kappa shape index (κ2) is 10.4. The van der Waals surface area contributed by atoms with Gasteiger partial charge in [0.05, 0.1) is 6.54 Å². The number of para-hydroxylation sites is 1. The lowest BCUT2D eigenvalue weighted by Gasteiger charge is -2.15. The highest BCUT2D eigenvalue weighted by Crippen LogP contribution is 2.16. The zero-order valence-electron chi connectivity index (χ0n) is 15.5. The van der Waals surface area contributed by atoms with Crippen LogP contribution in [0.25, 0.3) is 0 Å². The van der Waals surface area contributed by atoms with Crippen molar-refractivity contribution >= 4 is 5.96 Å². The van der Waals surface area contributed by atoms with E-state index in [1.165, 1.54) is 6.07 Å². The number of halogens is 1. The maximum Gasteiger partial charge on any atom is 0.226 e. The molecule has 0 amide bonds. The normalized spacial score (nSPS) is 12.7. The van der Waals surface area contributed by atoms with Gasteiger partial charge in [-0.2, -0.15) is 4.98 Å².